The predicted octanol–water partition coefficient (Wildman–Crippen LogP) is 1.17. The van der Waals surface area contributed by atoms with Gasteiger partial charge in [0, 0.05) is 13.2 Å². The van der Waals surface area contributed by atoms with E-state index in [1.165, 1.54) is 19.3 Å². The molecule has 0 spiro atoms. The Morgan fingerprint density at radius 1 is 1.60 bits per heavy atom. The fourth-order valence-corrected chi connectivity index (χ4v) is 1.16. The van der Waals surface area contributed by atoms with Gasteiger partial charge in [-0.15, -0.1) is 0 Å². The fraction of sp³-hybridized carbons (Fsp3) is 1.00. The lowest BCUT2D eigenvalue weighted by Crippen LogP contribution is -2.17. The summed E-state index contributed by atoms with van der Waals surface area (Å²) < 4.78 is 5.58. The zero-order valence-corrected chi connectivity index (χ0v) is 6.73. The summed E-state index contributed by atoms with van der Waals surface area (Å²) in [4.78, 5) is 0. The normalized spacial score (nSPS) is 25.5. The molecule has 0 unspecified atom stereocenters. The minimum atomic E-state index is 0.506. The van der Waals surface area contributed by atoms with E-state index in [9.17, 15) is 0 Å². The quantitative estimate of drug-likeness (QED) is 0.596. The van der Waals surface area contributed by atoms with Crippen LogP contribution in [0, 0.1) is 0 Å². The van der Waals surface area contributed by atoms with Crippen LogP contribution in [0.4, 0.5) is 0 Å². The van der Waals surface area contributed by atoms with E-state index in [4.69, 9.17) is 4.74 Å². The van der Waals surface area contributed by atoms with Crippen molar-refractivity contribution in [2.24, 2.45) is 0 Å². The Bertz CT molecular complexity index is 79.3. The molecule has 1 atom stereocenters. The van der Waals surface area contributed by atoms with E-state index < -0.39 is 0 Å². The number of hydrogen-bond donors (Lipinski definition) is 1. The molecular weight excluding hydrogens is 126 g/mol. The molecule has 1 rings (SSSR count). The topological polar surface area (TPSA) is 21.3 Å². The van der Waals surface area contributed by atoms with E-state index in [0.29, 0.717) is 6.10 Å². The Morgan fingerprint density at radius 2 is 2.50 bits per heavy atom. The van der Waals surface area contributed by atoms with Gasteiger partial charge < -0.3 is 10.1 Å². The van der Waals surface area contributed by atoms with Gasteiger partial charge in [-0.3, -0.25) is 0 Å². The van der Waals surface area contributed by atoms with Gasteiger partial charge in [-0.1, -0.05) is 13.3 Å². The molecule has 1 heterocycles. The maximum atomic E-state index is 5.58. The lowest BCUT2D eigenvalue weighted by molar-refractivity contribution is 0.0651. The number of ether oxygens (including phenoxy) is 1. The van der Waals surface area contributed by atoms with Gasteiger partial charge in [-0.25, -0.2) is 0 Å². The molecule has 2 heteroatoms. The summed E-state index contributed by atoms with van der Waals surface area (Å²) in [5.74, 6) is 0. The van der Waals surface area contributed by atoms with Crippen LogP contribution in [0.25, 0.3) is 0 Å². The first kappa shape index (κ1) is 8.02. The van der Waals surface area contributed by atoms with Crippen molar-refractivity contribution in [3.05, 3.63) is 0 Å². The molecule has 60 valence electrons. The van der Waals surface area contributed by atoms with E-state index in [0.717, 1.165) is 19.7 Å². The van der Waals surface area contributed by atoms with Crippen LogP contribution in [0.3, 0.4) is 0 Å². The molecule has 1 aliphatic rings. The van der Waals surface area contributed by atoms with Crippen LogP contribution >= 0.6 is 0 Å². The lowest BCUT2D eigenvalue weighted by Gasteiger charge is -2.08. The number of unbranched alkanes of at least 4 members (excludes halogenated alkanes) is 1. The summed E-state index contributed by atoms with van der Waals surface area (Å²) in [6, 6.07) is 0. The number of hydrogen-bond acceptors (Lipinski definition) is 2. The Hall–Kier alpha value is -0.0800. The summed E-state index contributed by atoms with van der Waals surface area (Å²) >= 11 is 0. The van der Waals surface area contributed by atoms with Crippen LogP contribution in [0.5, 0.6) is 0 Å². The largest absolute Gasteiger partial charge is 0.377 e. The zero-order chi connectivity index (χ0) is 7.23. The molecule has 0 aromatic rings. The Kier molecular flexibility index (Phi) is 3.76. The van der Waals surface area contributed by atoms with Gasteiger partial charge in [0.25, 0.3) is 0 Å². The summed E-state index contributed by atoms with van der Waals surface area (Å²) in [6.45, 7) is 5.33. The van der Waals surface area contributed by atoms with Crippen LogP contribution in [-0.2, 0) is 4.74 Å². The van der Waals surface area contributed by atoms with Gasteiger partial charge >= 0.3 is 0 Å². The highest BCUT2D eigenvalue weighted by molar-refractivity contribution is 4.70. The van der Waals surface area contributed by atoms with Crippen molar-refractivity contribution < 1.29 is 4.74 Å². The second-order valence-corrected chi connectivity index (χ2v) is 2.84. The van der Waals surface area contributed by atoms with Crippen LogP contribution in [0.1, 0.15) is 26.2 Å². The Morgan fingerprint density at radius 3 is 3.10 bits per heavy atom. The summed E-state index contributed by atoms with van der Waals surface area (Å²) in [7, 11) is 0. The third-order valence-corrected chi connectivity index (χ3v) is 1.87. The van der Waals surface area contributed by atoms with E-state index in [1.807, 2.05) is 0 Å². The highest BCUT2D eigenvalue weighted by atomic mass is 16.5. The number of nitrogens with one attached hydrogen (secondary N) is 1. The van der Waals surface area contributed by atoms with Gasteiger partial charge in [0.1, 0.15) is 0 Å². The van der Waals surface area contributed by atoms with Crippen LogP contribution in [0.15, 0.2) is 0 Å². The fourth-order valence-electron chi connectivity index (χ4n) is 1.16. The van der Waals surface area contributed by atoms with Gasteiger partial charge in [-0.2, -0.15) is 0 Å². The second kappa shape index (κ2) is 4.69. The third-order valence-electron chi connectivity index (χ3n) is 1.87. The van der Waals surface area contributed by atoms with Crippen molar-refractivity contribution in [1.29, 1.82) is 0 Å². The lowest BCUT2D eigenvalue weighted by atomic mass is 10.3. The Balaban J connectivity index is 1.91. The SMILES string of the molecule is CCCCO[C@H]1CCNC1. The van der Waals surface area contributed by atoms with Crippen molar-refractivity contribution in [2.75, 3.05) is 19.7 Å². The molecule has 1 aliphatic heterocycles. The van der Waals surface area contributed by atoms with Crippen LogP contribution in [-0.4, -0.2) is 25.8 Å². The smallest absolute Gasteiger partial charge is 0.0711 e. The molecule has 1 N–H and O–H groups in total. The molecule has 10 heavy (non-hydrogen) atoms. The maximum absolute atomic E-state index is 5.58. The van der Waals surface area contributed by atoms with E-state index in [1.54, 1.807) is 0 Å². The summed E-state index contributed by atoms with van der Waals surface area (Å²) in [5, 5.41) is 3.27. The Labute approximate surface area is 63.0 Å². The van der Waals surface area contributed by atoms with Crippen molar-refractivity contribution in [3.8, 4) is 0 Å². The van der Waals surface area contributed by atoms with Crippen molar-refractivity contribution in [1.82, 2.24) is 5.32 Å². The first-order valence-electron chi connectivity index (χ1n) is 4.26. The monoisotopic (exact) mass is 143 g/mol. The minimum absolute atomic E-state index is 0.506. The molecule has 0 aromatic heterocycles. The van der Waals surface area contributed by atoms with Crippen molar-refractivity contribution in [2.45, 2.75) is 32.3 Å². The minimum Gasteiger partial charge on any atom is -0.377 e. The first-order valence-corrected chi connectivity index (χ1v) is 4.26. The number of rotatable bonds is 4. The van der Waals surface area contributed by atoms with Crippen molar-refractivity contribution >= 4 is 0 Å². The first-order chi connectivity index (χ1) is 4.93. The molecule has 0 saturated carbocycles. The molecule has 1 saturated heterocycles. The molecule has 1 fully saturated rings. The molecule has 2 nitrogen and oxygen atoms in total. The summed E-state index contributed by atoms with van der Waals surface area (Å²) in [5.41, 5.74) is 0. The average molecular weight is 143 g/mol. The van der Waals surface area contributed by atoms with E-state index >= 15 is 0 Å². The highest BCUT2D eigenvalue weighted by Gasteiger charge is 2.13. The van der Waals surface area contributed by atoms with E-state index in [-0.39, 0.29) is 0 Å². The van der Waals surface area contributed by atoms with Gasteiger partial charge in [0.2, 0.25) is 0 Å². The third kappa shape index (κ3) is 2.67. The zero-order valence-electron chi connectivity index (χ0n) is 6.73. The standard InChI is InChI=1S/C8H17NO/c1-2-3-6-10-8-4-5-9-7-8/h8-9H,2-7H2,1H3/t8-/m0/s1. The molecule has 0 aromatic carbocycles. The average Bonchev–Trinajstić information content (AvgIpc) is 2.41. The van der Waals surface area contributed by atoms with Gasteiger partial charge in [0.05, 0.1) is 6.10 Å². The molecule has 0 amide bonds. The molecule has 0 aliphatic carbocycles. The predicted molar refractivity (Wildman–Crippen MR) is 42.1 cm³/mol. The van der Waals surface area contributed by atoms with Gasteiger partial charge in [-0.05, 0) is 19.4 Å². The molecule has 0 radical (unpaired) electrons. The van der Waals surface area contributed by atoms with Gasteiger partial charge in [0.15, 0.2) is 0 Å². The second-order valence-electron chi connectivity index (χ2n) is 2.84. The van der Waals surface area contributed by atoms with E-state index in [2.05, 4.69) is 12.2 Å². The maximum Gasteiger partial charge on any atom is 0.0711 e. The van der Waals surface area contributed by atoms with Crippen LogP contribution in [0.2, 0.25) is 0 Å². The van der Waals surface area contributed by atoms with Crippen LogP contribution < -0.4 is 5.32 Å². The molecule has 0 bridgehead atoms. The highest BCUT2D eigenvalue weighted by Crippen LogP contribution is 2.03. The molecular formula is C8H17NO. The van der Waals surface area contributed by atoms with Crippen molar-refractivity contribution in [3.63, 3.8) is 0 Å². The summed E-state index contributed by atoms with van der Waals surface area (Å²) in [6.07, 6.45) is 4.15.